The van der Waals surface area contributed by atoms with Crippen molar-refractivity contribution in [3.63, 3.8) is 0 Å². The second kappa shape index (κ2) is 16.8. The van der Waals surface area contributed by atoms with Gasteiger partial charge in [0, 0.05) is 75.0 Å². The number of anilines is 3. The highest BCUT2D eigenvalue weighted by molar-refractivity contribution is 5.84. The van der Waals surface area contributed by atoms with E-state index >= 15 is 0 Å². The number of benzene rings is 3. The maximum absolute atomic E-state index is 4.56. The van der Waals surface area contributed by atoms with Gasteiger partial charge in [-0.15, -0.1) is 0 Å². The third-order valence-electron chi connectivity index (χ3n) is 7.65. The zero-order valence-corrected chi connectivity index (χ0v) is 27.4. The highest BCUT2D eigenvalue weighted by Crippen LogP contribution is 2.20. The number of aromatic nitrogens is 3. The number of hydrogen-bond acceptors (Lipinski definition) is 9. The van der Waals surface area contributed by atoms with Crippen LogP contribution in [-0.4, -0.2) is 72.9 Å². The van der Waals surface area contributed by atoms with Gasteiger partial charge in [-0.1, -0.05) is 36.4 Å². The summed E-state index contributed by atoms with van der Waals surface area (Å²) in [4.78, 5) is 34.1. The zero-order valence-electron chi connectivity index (χ0n) is 27.4. The lowest BCUT2D eigenvalue weighted by Gasteiger charge is -2.20. The van der Waals surface area contributed by atoms with Crippen LogP contribution < -0.4 is 14.7 Å². The average molecular weight is 604 g/mol. The van der Waals surface area contributed by atoms with Crippen LogP contribution >= 0.6 is 0 Å². The molecule has 234 valence electrons. The summed E-state index contributed by atoms with van der Waals surface area (Å²) in [6.45, 7) is 18.7. The fourth-order valence-electron chi connectivity index (χ4n) is 4.99. The molecule has 0 unspecified atom stereocenters. The Morgan fingerprint density at radius 3 is 0.822 bits per heavy atom. The molecule has 9 nitrogen and oxygen atoms in total. The number of nitrogens with zero attached hydrogens (tertiary/aromatic N) is 9. The molecule has 0 amide bonds. The summed E-state index contributed by atoms with van der Waals surface area (Å²) in [5.41, 5.74) is 6.39. The standard InChI is InChI=1S/C36H45N9/c1-7-43(8-2)31-19-13-28(14-20-31)25-37-34-40-35(38-26-29-15-21-32(22-16-29)44(9-3)10-4)42-36(41-34)39-27-30-17-23-33(24-18-30)45(11-5)12-6/h13-27H,7-12H2,1-6H3/b37-25-,38-26+,39-27+. The molecule has 0 saturated heterocycles. The first kappa shape index (κ1) is 33.0. The summed E-state index contributed by atoms with van der Waals surface area (Å²) < 4.78 is 0. The van der Waals surface area contributed by atoms with Crippen LogP contribution in [0, 0.1) is 0 Å². The van der Waals surface area contributed by atoms with Gasteiger partial charge in [-0.05, 0) is 94.6 Å². The summed E-state index contributed by atoms with van der Waals surface area (Å²) in [6.07, 6.45) is 5.25. The van der Waals surface area contributed by atoms with Crippen LogP contribution in [0.15, 0.2) is 87.8 Å². The Bertz CT molecular complexity index is 1350. The van der Waals surface area contributed by atoms with Crippen molar-refractivity contribution < 1.29 is 0 Å². The van der Waals surface area contributed by atoms with Crippen molar-refractivity contribution >= 4 is 53.6 Å². The molecule has 9 heteroatoms. The van der Waals surface area contributed by atoms with Gasteiger partial charge in [0.25, 0.3) is 17.8 Å². The molecule has 0 spiro atoms. The van der Waals surface area contributed by atoms with Gasteiger partial charge in [0.05, 0.1) is 0 Å². The number of rotatable bonds is 15. The molecule has 0 fully saturated rings. The SMILES string of the molecule is CCN(CC)c1ccc(/C=N\c2nc(/N=C/c3ccc(N(CC)CC)cc3)nc(/N=C/c3ccc(N(CC)CC)cc3)n2)cc1. The zero-order chi connectivity index (χ0) is 32.0. The van der Waals surface area contributed by atoms with Gasteiger partial charge in [0.1, 0.15) is 0 Å². The highest BCUT2D eigenvalue weighted by atomic mass is 15.2. The lowest BCUT2D eigenvalue weighted by atomic mass is 10.2. The smallest absolute Gasteiger partial charge is 0.256 e. The second-order valence-electron chi connectivity index (χ2n) is 10.3. The van der Waals surface area contributed by atoms with Crippen molar-refractivity contribution in [1.29, 1.82) is 0 Å². The Kier molecular flexibility index (Phi) is 12.3. The minimum atomic E-state index is 0.242. The lowest BCUT2D eigenvalue weighted by molar-refractivity contribution is 0.866. The molecule has 0 saturated carbocycles. The molecule has 4 rings (SSSR count). The molecular weight excluding hydrogens is 558 g/mol. The van der Waals surface area contributed by atoms with Gasteiger partial charge in [-0.25, -0.2) is 15.0 Å². The Hall–Kier alpha value is -4.92. The molecular formula is C36H45N9. The molecule has 45 heavy (non-hydrogen) atoms. The monoisotopic (exact) mass is 603 g/mol. The van der Waals surface area contributed by atoms with Crippen LogP contribution in [0.4, 0.5) is 34.9 Å². The van der Waals surface area contributed by atoms with E-state index in [9.17, 15) is 0 Å². The Labute approximate surface area is 268 Å². The third kappa shape index (κ3) is 9.28. The van der Waals surface area contributed by atoms with E-state index in [1.807, 2.05) is 36.4 Å². The fraction of sp³-hybridized carbons (Fsp3) is 0.333. The molecule has 3 aromatic carbocycles. The molecule has 1 aromatic heterocycles. The van der Waals surface area contributed by atoms with E-state index in [-0.39, 0.29) is 17.8 Å². The molecule has 0 aliphatic rings. The van der Waals surface area contributed by atoms with E-state index in [0.29, 0.717) is 0 Å². The molecule has 1 heterocycles. The molecule has 0 aliphatic carbocycles. The van der Waals surface area contributed by atoms with Crippen LogP contribution in [0.5, 0.6) is 0 Å². The van der Waals surface area contributed by atoms with E-state index in [0.717, 1.165) is 56.0 Å². The van der Waals surface area contributed by atoms with Crippen LogP contribution in [0.1, 0.15) is 58.2 Å². The first-order chi connectivity index (χ1) is 22.0. The molecule has 0 radical (unpaired) electrons. The number of hydrogen-bond donors (Lipinski definition) is 0. The van der Waals surface area contributed by atoms with Crippen molar-refractivity contribution in [3.8, 4) is 0 Å². The third-order valence-corrected chi connectivity index (χ3v) is 7.65. The topological polar surface area (TPSA) is 85.5 Å². The van der Waals surface area contributed by atoms with E-state index in [1.165, 1.54) is 17.1 Å². The van der Waals surface area contributed by atoms with E-state index in [4.69, 9.17) is 0 Å². The minimum Gasteiger partial charge on any atom is -0.372 e. The minimum absolute atomic E-state index is 0.242. The van der Waals surface area contributed by atoms with E-state index in [1.54, 1.807) is 18.6 Å². The number of aliphatic imine (C=N–C) groups is 3. The molecule has 4 aromatic rings. The molecule has 0 bridgehead atoms. The van der Waals surface area contributed by atoms with Crippen LogP contribution in [0.3, 0.4) is 0 Å². The summed E-state index contributed by atoms with van der Waals surface area (Å²) >= 11 is 0. The lowest BCUT2D eigenvalue weighted by Crippen LogP contribution is -2.21. The Morgan fingerprint density at radius 2 is 0.622 bits per heavy atom. The summed E-state index contributed by atoms with van der Waals surface area (Å²) in [7, 11) is 0. The van der Waals surface area contributed by atoms with Crippen LogP contribution in [0.2, 0.25) is 0 Å². The van der Waals surface area contributed by atoms with Gasteiger partial charge in [0.15, 0.2) is 0 Å². The van der Waals surface area contributed by atoms with Crippen LogP contribution in [0.25, 0.3) is 0 Å². The quantitative estimate of drug-likeness (QED) is 0.130. The largest absolute Gasteiger partial charge is 0.372 e. The van der Waals surface area contributed by atoms with Crippen molar-refractivity contribution in [3.05, 3.63) is 89.5 Å². The van der Waals surface area contributed by atoms with Gasteiger partial charge in [-0.3, -0.25) is 0 Å². The maximum Gasteiger partial charge on any atom is 0.256 e. The predicted molar refractivity (Wildman–Crippen MR) is 192 cm³/mol. The van der Waals surface area contributed by atoms with E-state index < -0.39 is 0 Å². The second-order valence-corrected chi connectivity index (χ2v) is 10.3. The van der Waals surface area contributed by atoms with Crippen LogP contribution in [-0.2, 0) is 0 Å². The molecule has 0 N–H and O–H groups in total. The summed E-state index contributed by atoms with van der Waals surface area (Å²) in [5.74, 6) is 0.725. The normalized spacial score (nSPS) is 11.6. The Balaban J connectivity index is 1.60. The average Bonchev–Trinajstić information content (AvgIpc) is 3.09. The Morgan fingerprint density at radius 1 is 0.400 bits per heavy atom. The van der Waals surface area contributed by atoms with Gasteiger partial charge >= 0.3 is 0 Å². The predicted octanol–water partition coefficient (Wildman–Crippen LogP) is 7.66. The first-order valence-electron chi connectivity index (χ1n) is 15.9. The van der Waals surface area contributed by atoms with Crippen molar-refractivity contribution in [2.24, 2.45) is 15.0 Å². The van der Waals surface area contributed by atoms with E-state index in [2.05, 4.69) is 123 Å². The van der Waals surface area contributed by atoms with Gasteiger partial charge in [0.2, 0.25) is 0 Å². The van der Waals surface area contributed by atoms with Gasteiger partial charge < -0.3 is 14.7 Å². The highest BCUT2D eigenvalue weighted by Gasteiger charge is 2.06. The summed E-state index contributed by atoms with van der Waals surface area (Å²) in [6, 6.07) is 24.9. The first-order valence-corrected chi connectivity index (χ1v) is 15.9. The molecule has 0 atom stereocenters. The van der Waals surface area contributed by atoms with Crippen molar-refractivity contribution in [1.82, 2.24) is 15.0 Å². The van der Waals surface area contributed by atoms with Gasteiger partial charge in [-0.2, -0.15) is 15.0 Å². The maximum atomic E-state index is 4.56. The fourth-order valence-corrected chi connectivity index (χ4v) is 4.99. The van der Waals surface area contributed by atoms with Crippen molar-refractivity contribution in [2.75, 3.05) is 54.0 Å². The molecule has 0 aliphatic heterocycles. The van der Waals surface area contributed by atoms with Crippen molar-refractivity contribution in [2.45, 2.75) is 41.5 Å². The summed E-state index contributed by atoms with van der Waals surface area (Å²) in [5, 5.41) is 0.